The molecule has 4 N–H and O–H groups in total. The molecular weight excluding hydrogens is 320 g/mol. The van der Waals surface area contributed by atoms with Crippen molar-refractivity contribution in [3.63, 3.8) is 0 Å². The van der Waals surface area contributed by atoms with Crippen molar-refractivity contribution in [2.45, 2.75) is 48.8 Å². The van der Waals surface area contributed by atoms with E-state index < -0.39 is 10.0 Å². The lowest BCUT2D eigenvalue weighted by atomic mass is 10.1. The molecule has 0 spiro atoms. The van der Waals surface area contributed by atoms with Gasteiger partial charge in [0.25, 0.3) is 0 Å². The van der Waals surface area contributed by atoms with Gasteiger partial charge in [-0.1, -0.05) is 31.7 Å². The zero-order valence-corrected chi connectivity index (χ0v) is 14.3. The lowest BCUT2D eigenvalue weighted by Gasteiger charge is -2.16. The molecule has 0 saturated heterocycles. The summed E-state index contributed by atoms with van der Waals surface area (Å²) < 4.78 is 26.6. The van der Waals surface area contributed by atoms with E-state index in [1.54, 1.807) is 17.5 Å². The van der Waals surface area contributed by atoms with Gasteiger partial charge in [-0.3, -0.25) is 4.99 Å². The van der Waals surface area contributed by atoms with Crippen LogP contribution >= 0.6 is 11.3 Å². The SMILES string of the molecule is NC(=NCCNS(=O)(=O)c1cccs1)NC1CCCCCC1. The fraction of sp³-hybridized carbons (Fsp3) is 0.643. The molecule has 22 heavy (non-hydrogen) atoms. The maximum Gasteiger partial charge on any atom is 0.250 e. The van der Waals surface area contributed by atoms with Gasteiger partial charge in [-0.05, 0) is 24.3 Å². The van der Waals surface area contributed by atoms with Gasteiger partial charge in [-0.2, -0.15) is 0 Å². The van der Waals surface area contributed by atoms with Gasteiger partial charge in [0.15, 0.2) is 5.96 Å². The molecule has 1 aliphatic rings. The first-order chi connectivity index (χ1) is 10.6. The first kappa shape index (κ1) is 17.2. The summed E-state index contributed by atoms with van der Waals surface area (Å²) >= 11 is 1.20. The average molecular weight is 345 g/mol. The highest BCUT2D eigenvalue weighted by molar-refractivity contribution is 7.91. The number of sulfonamides is 1. The van der Waals surface area contributed by atoms with Crippen molar-refractivity contribution in [1.82, 2.24) is 10.0 Å². The number of hydrogen-bond donors (Lipinski definition) is 3. The number of nitrogens with zero attached hydrogens (tertiary/aromatic N) is 1. The van der Waals surface area contributed by atoms with Crippen LogP contribution in [0.2, 0.25) is 0 Å². The van der Waals surface area contributed by atoms with Crippen molar-refractivity contribution in [2.24, 2.45) is 10.7 Å². The number of aliphatic imine (C=N–C) groups is 1. The van der Waals surface area contributed by atoms with Gasteiger partial charge in [0.1, 0.15) is 4.21 Å². The number of hydrogen-bond acceptors (Lipinski definition) is 4. The summed E-state index contributed by atoms with van der Waals surface area (Å²) in [7, 11) is -3.41. The summed E-state index contributed by atoms with van der Waals surface area (Å²) in [6.45, 7) is 0.573. The van der Waals surface area contributed by atoms with Crippen LogP contribution in [-0.2, 0) is 10.0 Å². The standard InChI is InChI=1S/C14H24N4O2S2/c15-14(18-12-6-3-1-2-4-7-12)16-9-10-17-22(19,20)13-8-5-11-21-13/h5,8,11-12,17H,1-4,6-7,9-10H2,(H3,15,16,18). The van der Waals surface area contributed by atoms with E-state index in [4.69, 9.17) is 5.73 Å². The van der Waals surface area contributed by atoms with Crippen molar-refractivity contribution >= 4 is 27.3 Å². The van der Waals surface area contributed by atoms with Gasteiger partial charge >= 0.3 is 0 Å². The average Bonchev–Trinajstić information content (AvgIpc) is 2.91. The first-order valence-corrected chi connectivity index (χ1v) is 10.0. The zero-order chi connectivity index (χ0) is 15.8. The molecule has 0 bridgehead atoms. The maximum absolute atomic E-state index is 11.9. The Bertz CT molecular complexity index is 562. The second-order valence-corrected chi connectivity index (χ2v) is 8.37. The molecule has 1 heterocycles. The van der Waals surface area contributed by atoms with Gasteiger partial charge in [0.05, 0.1) is 6.54 Å². The van der Waals surface area contributed by atoms with Crippen LogP contribution in [0.25, 0.3) is 0 Å². The van der Waals surface area contributed by atoms with Crippen LogP contribution in [0.4, 0.5) is 0 Å². The molecule has 8 heteroatoms. The summed E-state index contributed by atoms with van der Waals surface area (Å²) in [5.41, 5.74) is 5.86. The van der Waals surface area contributed by atoms with E-state index in [0.29, 0.717) is 22.8 Å². The van der Waals surface area contributed by atoms with Gasteiger partial charge in [0.2, 0.25) is 10.0 Å². The molecule has 124 valence electrons. The summed E-state index contributed by atoms with van der Waals surface area (Å²) in [6.07, 6.45) is 7.29. The van der Waals surface area contributed by atoms with Crippen LogP contribution in [0.5, 0.6) is 0 Å². The lowest BCUT2D eigenvalue weighted by molar-refractivity contribution is 0.530. The minimum atomic E-state index is -3.41. The van der Waals surface area contributed by atoms with Crippen LogP contribution in [0.3, 0.4) is 0 Å². The minimum Gasteiger partial charge on any atom is -0.370 e. The number of thiophene rings is 1. The molecule has 0 amide bonds. The fourth-order valence-corrected chi connectivity index (χ4v) is 4.58. The Labute approximate surface area is 136 Å². The Morgan fingerprint density at radius 3 is 2.68 bits per heavy atom. The first-order valence-electron chi connectivity index (χ1n) is 7.67. The third-order valence-electron chi connectivity index (χ3n) is 3.65. The number of guanidine groups is 1. The number of nitrogens with one attached hydrogen (secondary N) is 2. The largest absolute Gasteiger partial charge is 0.370 e. The second kappa shape index (κ2) is 8.50. The molecule has 0 radical (unpaired) electrons. The third-order valence-corrected chi connectivity index (χ3v) is 6.51. The van der Waals surface area contributed by atoms with Gasteiger partial charge in [-0.25, -0.2) is 13.1 Å². The van der Waals surface area contributed by atoms with E-state index in [1.807, 2.05) is 0 Å². The van der Waals surface area contributed by atoms with E-state index in [-0.39, 0.29) is 6.54 Å². The Hall–Kier alpha value is -1.12. The monoisotopic (exact) mass is 344 g/mol. The van der Waals surface area contributed by atoms with Crippen molar-refractivity contribution in [3.05, 3.63) is 17.5 Å². The van der Waals surface area contributed by atoms with Gasteiger partial charge in [0, 0.05) is 12.6 Å². The third kappa shape index (κ3) is 5.58. The predicted octanol–water partition coefficient (Wildman–Crippen LogP) is 1.65. The predicted molar refractivity (Wildman–Crippen MR) is 90.6 cm³/mol. The molecule has 2 rings (SSSR count). The molecule has 0 aromatic carbocycles. The van der Waals surface area contributed by atoms with Crippen LogP contribution in [0.1, 0.15) is 38.5 Å². The van der Waals surface area contributed by atoms with Crippen LogP contribution in [0, 0.1) is 0 Å². The number of nitrogens with two attached hydrogens (primary N) is 1. The van der Waals surface area contributed by atoms with Gasteiger partial charge < -0.3 is 11.1 Å². The smallest absolute Gasteiger partial charge is 0.250 e. The molecule has 1 aromatic rings. The van der Waals surface area contributed by atoms with Crippen molar-refractivity contribution in [1.29, 1.82) is 0 Å². The van der Waals surface area contributed by atoms with E-state index >= 15 is 0 Å². The summed E-state index contributed by atoms with van der Waals surface area (Å²) in [4.78, 5) is 4.19. The number of rotatable bonds is 6. The Balaban J connectivity index is 1.72. The quantitative estimate of drug-likeness (QED) is 0.316. The van der Waals surface area contributed by atoms with Crippen molar-refractivity contribution in [3.8, 4) is 0 Å². The lowest BCUT2D eigenvalue weighted by Crippen LogP contribution is -2.40. The van der Waals surface area contributed by atoms with Crippen LogP contribution < -0.4 is 15.8 Å². The summed E-state index contributed by atoms with van der Waals surface area (Å²) in [6, 6.07) is 3.69. The molecule has 0 unspecified atom stereocenters. The van der Waals surface area contributed by atoms with Crippen molar-refractivity contribution in [2.75, 3.05) is 13.1 Å². The molecule has 1 saturated carbocycles. The fourth-order valence-electron chi connectivity index (χ4n) is 2.52. The van der Waals surface area contributed by atoms with E-state index in [0.717, 1.165) is 12.8 Å². The van der Waals surface area contributed by atoms with E-state index in [1.165, 1.54) is 37.0 Å². The van der Waals surface area contributed by atoms with E-state index in [2.05, 4.69) is 15.0 Å². The van der Waals surface area contributed by atoms with Crippen LogP contribution in [0.15, 0.2) is 26.7 Å². The molecule has 1 aromatic heterocycles. The summed E-state index contributed by atoms with van der Waals surface area (Å²) in [5.74, 6) is 0.405. The highest BCUT2D eigenvalue weighted by atomic mass is 32.2. The Morgan fingerprint density at radius 1 is 1.32 bits per heavy atom. The molecule has 0 atom stereocenters. The Kier molecular flexibility index (Phi) is 6.66. The highest BCUT2D eigenvalue weighted by Crippen LogP contribution is 2.17. The molecule has 1 aliphatic carbocycles. The normalized spacial score (nSPS) is 18.1. The maximum atomic E-state index is 11.9. The molecule has 1 fully saturated rings. The molecular formula is C14H24N4O2S2. The minimum absolute atomic E-state index is 0.243. The molecule has 0 aliphatic heterocycles. The zero-order valence-electron chi connectivity index (χ0n) is 12.6. The second-order valence-electron chi connectivity index (χ2n) is 5.43. The Morgan fingerprint density at radius 2 is 2.05 bits per heavy atom. The van der Waals surface area contributed by atoms with Gasteiger partial charge in [-0.15, -0.1) is 11.3 Å². The van der Waals surface area contributed by atoms with Crippen LogP contribution in [-0.4, -0.2) is 33.5 Å². The molecule has 6 nitrogen and oxygen atoms in total. The topological polar surface area (TPSA) is 96.6 Å². The summed E-state index contributed by atoms with van der Waals surface area (Å²) in [5, 5.41) is 4.97. The van der Waals surface area contributed by atoms with Crippen molar-refractivity contribution < 1.29 is 8.42 Å². The van der Waals surface area contributed by atoms with E-state index in [9.17, 15) is 8.42 Å². The highest BCUT2D eigenvalue weighted by Gasteiger charge is 2.14.